The van der Waals surface area contributed by atoms with Crippen molar-refractivity contribution < 1.29 is 23.5 Å². The zero-order valence-electron chi connectivity index (χ0n) is 12.6. The molecule has 0 saturated carbocycles. The van der Waals surface area contributed by atoms with E-state index in [4.69, 9.17) is 9.47 Å². The van der Waals surface area contributed by atoms with Gasteiger partial charge in [0.25, 0.3) is 5.91 Å². The lowest BCUT2D eigenvalue weighted by Crippen LogP contribution is -2.51. The minimum Gasteiger partial charge on any atom is -0.485 e. The van der Waals surface area contributed by atoms with Crippen LogP contribution in [-0.4, -0.2) is 24.5 Å². The predicted octanol–water partition coefficient (Wildman–Crippen LogP) is 1.36. The Kier molecular flexibility index (Phi) is 4.60. The molecule has 7 heteroatoms. The number of hydrogen-bond donors (Lipinski definition) is 2. The van der Waals surface area contributed by atoms with Crippen LogP contribution in [0.5, 0.6) is 11.5 Å². The maximum Gasteiger partial charge on any atom is 0.283 e. The van der Waals surface area contributed by atoms with E-state index in [0.29, 0.717) is 17.1 Å². The average molecular weight is 330 g/mol. The van der Waals surface area contributed by atoms with Crippen LogP contribution < -0.4 is 20.3 Å². The molecule has 0 aliphatic carbocycles. The van der Waals surface area contributed by atoms with Crippen molar-refractivity contribution in [1.82, 2.24) is 10.9 Å². The minimum absolute atomic E-state index is 0.0443. The summed E-state index contributed by atoms with van der Waals surface area (Å²) in [5.41, 5.74) is 5.06. The number of amides is 2. The van der Waals surface area contributed by atoms with E-state index in [1.165, 1.54) is 18.2 Å². The Morgan fingerprint density at radius 3 is 2.67 bits per heavy atom. The molecule has 3 rings (SSSR count). The molecule has 0 aromatic heterocycles. The highest BCUT2D eigenvalue weighted by molar-refractivity contribution is 5.86. The van der Waals surface area contributed by atoms with Gasteiger partial charge in [0.1, 0.15) is 12.4 Å². The lowest BCUT2D eigenvalue weighted by atomic mass is 10.1. The Balaban J connectivity index is 1.50. The molecule has 2 amide bonds. The Morgan fingerprint density at radius 1 is 1.08 bits per heavy atom. The monoisotopic (exact) mass is 330 g/mol. The van der Waals surface area contributed by atoms with E-state index in [1.54, 1.807) is 30.3 Å². The van der Waals surface area contributed by atoms with Crippen molar-refractivity contribution in [3.8, 4) is 11.5 Å². The fraction of sp³-hybridized carbons (Fsp3) is 0.176. The molecule has 1 aliphatic rings. The predicted molar refractivity (Wildman–Crippen MR) is 82.7 cm³/mol. The molecule has 6 nitrogen and oxygen atoms in total. The fourth-order valence-corrected chi connectivity index (χ4v) is 2.24. The van der Waals surface area contributed by atoms with Crippen LogP contribution >= 0.6 is 0 Å². The van der Waals surface area contributed by atoms with E-state index < -0.39 is 23.7 Å². The third kappa shape index (κ3) is 3.81. The summed E-state index contributed by atoms with van der Waals surface area (Å²) in [5.74, 6) is -0.384. The molecule has 1 heterocycles. The lowest BCUT2D eigenvalue weighted by Gasteiger charge is -2.25. The number of para-hydroxylation sites is 2. The highest BCUT2D eigenvalue weighted by Crippen LogP contribution is 2.30. The summed E-state index contributed by atoms with van der Waals surface area (Å²) in [6, 6.07) is 12.7. The second-order valence-corrected chi connectivity index (χ2v) is 5.21. The average Bonchev–Trinajstić information content (AvgIpc) is 2.59. The van der Waals surface area contributed by atoms with Crippen molar-refractivity contribution in [3.63, 3.8) is 0 Å². The molecule has 2 aromatic rings. The summed E-state index contributed by atoms with van der Waals surface area (Å²) in [6.45, 7) is 0.0443. The van der Waals surface area contributed by atoms with Crippen LogP contribution in [0.25, 0.3) is 0 Å². The topological polar surface area (TPSA) is 76.7 Å². The molecule has 0 spiro atoms. The van der Waals surface area contributed by atoms with Crippen molar-refractivity contribution in [2.75, 3.05) is 6.61 Å². The van der Waals surface area contributed by atoms with Crippen LogP contribution in [0.3, 0.4) is 0 Å². The quantitative estimate of drug-likeness (QED) is 0.833. The first-order chi connectivity index (χ1) is 11.6. The van der Waals surface area contributed by atoms with E-state index in [-0.39, 0.29) is 13.0 Å². The maximum atomic E-state index is 13.1. The zero-order valence-corrected chi connectivity index (χ0v) is 12.6. The van der Waals surface area contributed by atoms with Crippen molar-refractivity contribution in [1.29, 1.82) is 0 Å². The number of carbonyl (C=O) groups excluding carboxylic acids is 2. The van der Waals surface area contributed by atoms with Crippen LogP contribution in [0, 0.1) is 5.82 Å². The molecule has 0 fully saturated rings. The normalized spacial score (nSPS) is 15.5. The fourth-order valence-electron chi connectivity index (χ4n) is 2.24. The molecular weight excluding hydrogens is 315 g/mol. The van der Waals surface area contributed by atoms with Gasteiger partial charge in [-0.2, -0.15) is 0 Å². The third-order valence-corrected chi connectivity index (χ3v) is 3.38. The summed E-state index contributed by atoms with van der Waals surface area (Å²) >= 11 is 0. The van der Waals surface area contributed by atoms with Gasteiger partial charge in [-0.1, -0.05) is 24.3 Å². The van der Waals surface area contributed by atoms with Crippen LogP contribution in [0.1, 0.15) is 5.56 Å². The Bertz CT molecular complexity index is 766. The maximum absolute atomic E-state index is 13.1. The number of benzene rings is 2. The molecule has 2 aromatic carbocycles. The largest absolute Gasteiger partial charge is 0.485 e. The summed E-state index contributed by atoms with van der Waals surface area (Å²) in [4.78, 5) is 23.8. The highest BCUT2D eigenvalue weighted by atomic mass is 19.1. The van der Waals surface area contributed by atoms with Gasteiger partial charge in [-0.25, -0.2) is 4.39 Å². The van der Waals surface area contributed by atoms with Gasteiger partial charge in [-0.05, 0) is 29.8 Å². The van der Waals surface area contributed by atoms with Gasteiger partial charge in [0, 0.05) is 0 Å². The van der Waals surface area contributed by atoms with E-state index in [2.05, 4.69) is 10.9 Å². The first-order valence-electron chi connectivity index (χ1n) is 7.33. The van der Waals surface area contributed by atoms with E-state index in [1.807, 2.05) is 0 Å². The molecule has 0 radical (unpaired) electrons. The first-order valence-corrected chi connectivity index (χ1v) is 7.33. The smallest absolute Gasteiger partial charge is 0.283 e. The van der Waals surface area contributed by atoms with Crippen molar-refractivity contribution >= 4 is 11.8 Å². The zero-order chi connectivity index (χ0) is 16.9. The van der Waals surface area contributed by atoms with Gasteiger partial charge in [-0.3, -0.25) is 20.4 Å². The van der Waals surface area contributed by atoms with Gasteiger partial charge in [-0.15, -0.1) is 0 Å². The van der Waals surface area contributed by atoms with Gasteiger partial charge >= 0.3 is 0 Å². The lowest BCUT2D eigenvalue weighted by molar-refractivity contribution is -0.134. The van der Waals surface area contributed by atoms with Crippen molar-refractivity contribution in [3.05, 3.63) is 59.9 Å². The second kappa shape index (κ2) is 6.99. The Labute approximate surface area is 137 Å². The molecule has 1 atom stereocenters. The van der Waals surface area contributed by atoms with Crippen LogP contribution in [0.2, 0.25) is 0 Å². The molecule has 0 bridgehead atoms. The minimum atomic E-state index is -0.866. The molecular formula is C17H15FN2O4. The van der Waals surface area contributed by atoms with E-state index >= 15 is 0 Å². The highest BCUT2D eigenvalue weighted by Gasteiger charge is 2.27. The number of hydrogen-bond acceptors (Lipinski definition) is 4. The summed E-state index contributed by atoms with van der Waals surface area (Å²) < 4.78 is 24.0. The van der Waals surface area contributed by atoms with Crippen LogP contribution in [-0.2, 0) is 16.0 Å². The summed E-state index contributed by atoms with van der Waals surface area (Å²) in [5, 5.41) is 0. The van der Waals surface area contributed by atoms with Gasteiger partial charge < -0.3 is 9.47 Å². The Morgan fingerprint density at radius 2 is 1.88 bits per heavy atom. The van der Waals surface area contributed by atoms with Gasteiger partial charge in [0.2, 0.25) is 12.0 Å². The number of fused-ring (bicyclic) bond motifs is 1. The van der Waals surface area contributed by atoms with Gasteiger partial charge in [0.05, 0.1) is 6.42 Å². The SMILES string of the molecule is O=C(Cc1cccc(F)c1)NNC(=O)[C@@H]1COc2ccccc2O1. The van der Waals surface area contributed by atoms with E-state index in [0.717, 1.165) is 0 Å². The number of rotatable bonds is 3. The first kappa shape index (κ1) is 15.8. The standard InChI is InChI=1S/C17H15FN2O4/c18-12-5-3-4-11(8-12)9-16(21)19-20-17(22)15-10-23-13-6-1-2-7-14(13)24-15/h1-8,15H,9-10H2,(H,19,21)(H,20,22)/t15-/m0/s1. The number of hydrazine groups is 1. The summed E-state index contributed by atoms with van der Waals surface area (Å²) in [6.07, 6.45) is -0.919. The molecule has 24 heavy (non-hydrogen) atoms. The number of carbonyl (C=O) groups is 2. The second-order valence-electron chi connectivity index (χ2n) is 5.21. The Hall–Kier alpha value is -3.09. The summed E-state index contributed by atoms with van der Waals surface area (Å²) in [7, 11) is 0. The number of halogens is 1. The van der Waals surface area contributed by atoms with Crippen molar-refractivity contribution in [2.45, 2.75) is 12.5 Å². The van der Waals surface area contributed by atoms with Gasteiger partial charge in [0.15, 0.2) is 11.5 Å². The van der Waals surface area contributed by atoms with Crippen molar-refractivity contribution in [2.24, 2.45) is 0 Å². The molecule has 1 aliphatic heterocycles. The van der Waals surface area contributed by atoms with Crippen LogP contribution in [0.4, 0.5) is 4.39 Å². The molecule has 124 valence electrons. The number of nitrogens with one attached hydrogen (secondary N) is 2. The third-order valence-electron chi connectivity index (χ3n) is 3.38. The molecule has 0 saturated heterocycles. The van der Waals surface area contributed by atoms with Crippen LogP contribution in [0.15, 0.2) is 48.5 Å². The molecule has 0 unspecified atom stereocenters. The number of ether oxygens (including phenoxy) is 2. The molecule has 2 N–H and O–H groups in total. The van der Waals surface area contributed by atoms with E-state index in [9.17, 15) is 14.0 Å².